The number of allylic oxidation sites excluding steroid dienone is 4. The van der Waals surface area contributed by atoms with E-state index in [1.54, 1.807) is 0 Å². The molecule has 4 rings (SSSR count). The van der Waals surface area contributed by atoms with Crippen molar-refractivity contribution in [2.24, 2.45) is 5.92 Å². The summed E-state index contributed by atoms with van der Waals surface area (Å²) >= 11 is 0. The second-order valence-corrected chi connectivity index (χ2v) is 7.76. The van der Waals surface area contributed by atoms with E-state index in [0.29, 0.717) is 5.92 Å². The first-order valence-corrected chi connectivity index (χ1v) is 9.75. The Bertz CT molecular complexity index is 582. The van der Waals surface area contributed by atoms with Gasteiger partial charge in [0.25, 0.3) is 0 Å². The standard InChI is InChI=1S/C22H30N2/c1-2-5-20(6-3-1)21-12-10-19(11-13-21)17-24-14-4-7-22(24)16-23-15-18-8-9-18/h1-3,5,10-13,18,20,22-23H,4,6-9,14-17H2. The van der Waals surface area contributed by atoms with E-state index in [1.165, 1.54) is 56.4 Å². The van der Waals surface area contributed by atoms with Crippen molar-refractivity contribution < 1.29 is 0 Å². The molecule has 1 heterocycles. The molecule has 1 aromatic carbocycles. The summed E-state index contributed by atoms with van der Waals surface area (Å²) in [5.41, 5.74) is 2.91. The summed E-state index contributed by atoms with van der Waals surface area (Å²) in [5.74, 6) is 1.55. The summed E-state index contributed by atoms with van der Waals surface area (Å²) in [7, 11) is 0. The zero-order chi connectivity index (χ0) is 16.2. The fraction of sp³-hybridized carbons (Fsp3) is 0.545. The SMILES string of the molecule is C1=CCC(c2ccc(CN3CCCC3CNCC3CC3)cc2)C=C1. The van der Waals surface area contributed by atoms with Crippen molar-refractivity contribution in [3.05, 3.63) is 59.7 Å². The smallest absolute Gasteiger partial charge is 0.0237 e. The van der Waals surface area contributed by atoms with E-state index in [-0.39, 0.29) is 0 Å². The Morgan fingerprint density at radius 1 is 1.00 bits per heavy atom. The van der Waals surface area contributed by atoms with Crippen LogP contribution in [0.15, 0.2) is 48.6 Å². The molecule has 128 valence electrons. The highest BCUT2D eigenvalue weighted by Gasteiger charge is 2.26. The largest absolute Gasteiger partial charge is 0.315 e. The van der Waals surface area contributed by atoms with Gasteiger partial charge in [0.05, 0.1) is 0 Å². The second kappa shape index (κ2) is 7.67. The lowest BCUT2D eigenvalue weighted by Crippen LogP contribution is -2.38. The van der Waals surface area contributed by atoms with Gasteiger partial charge in [-0.15, -0.1) is 0 Å². The van der Waals surface area contributed by atoms with Crippen LogP contribution >= 0.6 is 0 Å². The fourth-order valence-electron chi connectivity index (χ4n) is 4.04. The Morgan fingerprint density at radius 2 is 1.88 bits per heavy atom. The monoisotopic (exact) mass is 322 g/mol. The molecule has 2 heteroatoms. The van der Waals surface area contributed by atoms with Gasteiger partial charge < -0.3 is 5.32 Å². The molecule has 1 saturated heterocycles. The summed E-state index contributed by atoms with van der Waals surface area (Å²) < 4.78 is 0. The van der Waals surface area contributed by atoms with Gasteiger partial charge in [-0.25, -0.2) is 0 Å². The van der Waals surface area contributed by atoms with Gasteiger partial charge in [0, 0.05) is 25.0 Å². The number of benzene rings is 1. The lowest BCUT2D eigenvalue weighted by Gasteiger charge is -2.25. The van der Waals surface area contributed by atoms with Crippen LogP contribution in [0.5, 0.6) is 0 Å². The van der Waals surface area contributed by atoms with Gasteiger partial charge >= 0.3 is 0 Å². The summed E-state index contributed by atoms with van der Waals surface area (Å²) in [6.07, 6.45) is 15.6. The molecule has 1 aliphatic heterocycles. The highest BCUT2D eigenvalue weighted by Crippen LogP contribution is 2.28. The van der Waals surface area contributed by atoms with Crippen molar-refractivity contribution in [1.29, 1.82) is 0 Å². The molecule has 0 aromatic heterocycles. The van der Waals surface area contributed by atoms with E-state index < -0.39 is 0 Å². The van der Waals surface area contributed by atoms with Gasteiger partial charge in [-0.2, -0.15) is 0 Å². The molecule has 1 saturated carbocycles. The van der Waals surface area contributed by atoms with E-state index in [4.69, 9.17) is 0 Å². The predicted molar refractivity (Wildman–Crippen MR) is 101 cm³/mol. The first-order chi connectivity index (χ1) is 11.9. The molecular formula is C22H30N2. The maximum Gasteiger partial charge on any atom is 0.0237 e. The summed E-state index contributed by atoms with van der Waals surface area (Å²) in [6, 6.07) is 10.1. The average molecular weight is 322 g/mol. The molecule has 0 amide bonds. The van der Waals surface area contributed by atoms with Crippen LogP contribution in [0.4, 0.5) is 0 Å². The molecule has 0 bridgehead atoms. The average Bonchev–Trinajstić information content (AvgIpc) is 3.36. The van der Waals surface area contributed by atoms with E-state index in [9.17, 15) is 0 Å². The van der Waals surface area contributed by atoms with Crippen molar-refractivity contribution in [2.45, 2.75) is 50.6 Å². The van der Waals surface area contributed by atoms with Gasteiger partial charge in [0.15, 0.2) is 0 Å². The van der Waals surface area contributed by atoms with Gasteiger partial charge in [-0.1, -0.05) is 48.6 Å². The molecule has 0 radical (unpaired) electrons. The molecule has 2 nitrogen and oxygen atoms in total. The van der Waals surface area contributed by atoms with Crippen LogP contribution in [-0.2, 0) is 6.54 Å². The summed E-state index contributed by atoms with van der Waals surface area (Å²) in [5, 5.41) is 3.70. The van der Waals surface area contributed by atoms with Crippen LogP contribution in [0.3, 0.4) is 0 Å². The maximum atomic E-state index is 3.70. The van der Waals surface area contributed by atoms with Crippen molar-refractivity contribution in [1.82, 2.24) is 10.2 Å². The van der Waals surface area contributed by atoms with Crippen LogP contribution in [0.1, 0.15) is 49.1 Å². The number of hydrogen-bond donors (Lipinski definition) is 1. The second-order valence-electron chi connectivity index (χ2n) is 7.76. The number of nitrogens with zero attached hydrogens (tertiary/aromatic N) is 1. The molecule has 2 unspecified atom stereocenters. The minimum Gasteiger partial charge on any atom is -0.315 e. The Morgan fingerprint density at radius 3 is 2.62 bits per heavy atom. The Labute approximate surface area is 146 Å². The van der Waals surface area contributed by atoms with Crippen LogP contribution in [0.25, 0.3) is 0 Å². The normalized spacial score (nSPS) is 27.0. The van der Waals surface area contributed by atoms with Crippen LogP contribution < -0.4 is 5.32 Å². The van der Waals surface area contributed by atoms with E-state index >= 15 is 0 Å². The molecular weight excluding hydrogens is 292 g/mol. The molecule has 0 spiro atoms. The molecule has 24 heavy (non-hydrogen) atoms. The minimum absolute atomic E-state index is 0.565. The highest BCUT2D eigenvalue weighted by atomic mass is 15.2. The fourth-order valence-corrected chi connectivity index (χ4v) is 4.04. The van der Waals surface area contributed by atoms with Crippen molar-refractivity contribution in [3.63, 3.8) is 0 Å². The van der Waals surface area contributed by atoms with Crippen LogP contribution in [0, 0.1) is 5.92 Å². The third-order valence-electron chi connectivity index (χ3n) is 5.78. The molecule has 2 fully saturated rings. The first kappa shape index (κ1) is 16.1. The van der Waals surface area contributed by atoms with E-state index in [0.717, 1.165) is 24.9 Å². The first-order valence-electron chi connectivity index (χ1n) is 9.75. The quantitative estimate of drug-likeness (QED) is 0.807. The third kappa shape index (κ3) is 4.17. The summed E-state index contributed by atoms with van der Waals surface area (Å²) in [4.78, 5) is 2.68. The lowest BCUT2D eigenvalue weighted by atomic mass is 9.92. The van der Waals surface area contributed by atoms with E-state index in [1.807, 2.05) is 0 Å². The molecule has 2 aliphatic carbocycles. The molecule has 2 atom stereocenters. The topological polar surface area (TPSA) is 15.3 Å². The van der Waals surface area contributed by atoms with E-state index in [2.05, 4.69) is 58.8 Å². The van der Waals surface area contributed by atoms with Gasteiger partial charge in [0.2, 0.25) is 0 Å². The van der Waals surface area contributed by atoms with Crippen molar-refractivity contribution in [3.8, 4) is 0 Å². The van der Waals surface area contributed by atoms with Gasteiger partial charge in [0.1, 0.15) is 0 Å². The number of likely N-dealkylation sites (tertiary alicyclic amines) is 1. The molecule has 3 aliphatic rings. The molecule has 1 N–H and O–H groups in total. The van der Waals surface area contributed by atoms with Crippen LogP contribution in [-0.4, -0.2) is 30.6 Å². The lowest BCUT2D eigenvalue weighted by molar-refractivity contribution is 0.239. The number of hydrogen-bond acceptors (Lipinski definition) is 2. The van der Waals surface area contributed by atoms with Crippen molar-refractivity contribution >= 4 is 0 Å². The zero-order valence-electron chi connectivity index (χ0n) is 14.7. The predicted octanol–water partition coefficient (Wildman–Crippen LogP) is 4.25. The molecule has 1 aromatic rings. The third-order valence-corrected chi connectivity index (χ3v) is 5.78. The maximum absolute atomic E-state index is 3.70. The van der Waals surface area contributed by atoms with Gasteiger partial charge in [-0.3, -0.25) is 4.90 Å². The number of rotatable bonds is 7. The highest BCUT2D eigenvalue weighted by molar-refractivity contribution is 5.31. The zero-order valence-corrected chi connectivity index (χ0v) is 14.7. The number of nitrogens with one attached hydrogen (secondary N) is 1. The Balaban J connectivity index is 1.30. The van der Waals surface area contributed by atoms with Crippen molar-refractivity contribution in [2.75, 3.05) is 19.6 Å². The van der Waals surface area contributed by atoms with Gasteiger partial charge in [-0.05, 0) is 62.2 Å². The van der Waals surface area contributed by atoms with Crippen LogP contribution in [0.2, 0.25) is 0 Å². The Kier molecular flexibility index (Phi) is 5.15. The Hall–Kier alpha value is -1.38. The summed E-state index contributed by atoms with van der Waals surface area (Å²) in [6.45, 7) is 4.78. The minimum atomic E-state index is 0.565.